The number of hydrogen-bond donors (Lipinski definition) is 1. The van der Waals surface area contributed by atoms with Gasteiger partial charge in [-0.25, -0.2) is 12.8 Å². The minimum atomic E-state index is -4.96. The van der Waals surface area contributed by atoms with Crippen LogP contribution >= 0.6 is 0 Å². The minimum Gasteiger partial charge on any atom is -0.347 e. The van der Waals surface area contributed by atoms with E-state index < -0.39 is 33.3 Å². The van der Waals surface area contributed by atoms with Gasteiger partial charge in [-0.05, 0) is 42.5 Å². The van der Waals surface area contributed by atoms with E-state index >= 15 is 4.39 Å². The zero-order valence-corrected chi connectivity index (χ0v) is 20.8. The molecule has 11 heteroatoms. The molecular formula is C25H26F4N4O2S. The first kappa shape index (κ1) is 26.1. The molecule has 0 radical (unpaired) electrons. The third-order valence-corrected chi connectivity index (χ3v) is 8.15. The molecule has 0 saturated heterocycles. The van der Waals surface area contributed by atoms with Crippen molar-refractivity contribution >= 4 is 20.9 Å². The predicted octanol–water partition coefficient (Wildman–Crippen LogP) is 5.84. The number of hydrogen-bond acceptors (Lipinski definition) is 4. The highest BCUT2D eigenvalue weighted by Crippen LogP contribution is 2.41. The Hall–Kier alpha value is -2.97. The summed E-state index contributed by atoms with van der Waals surface area (Å²) in [6, 6.07) is 4.75. The second-order valence-electron chi connectivity index (χ2n) is 10.3. The van der Waals surface area contributed by atoms with Crippen molar-refractivity contribution in [2.75, 3.05) is 0 Å². The van der Waals surface area contributed by atoms with Crippen LogP contribution in [0.5, 0.6) is 0 Å². The van der Waals surface area contributed by atoms with Crippen molar-refractivity contribution in [1.29, 1.82) is 5.26 Å². The van der Waals surface area contributed by atoms with E-state index in [0.29, 0.717) is 19.3 Å². The fourth-order valence-corrected chi connectivity index (χ4v) is 6.08. The average Bonchev–Trinajstić information content (AvgIpc) is 3.04. The van der Waals surface area contributed by atoms with Gasteiger partial charge in [0.1, 0.15) is 17.9 Å². The summed E-state index contributed by atoms with van der Waals surface area (Å²) in [4.78, 5) is 4.11. The first-order valence-electron chi connectivity index (χ1n) is 11.5. The molecule has 6 nitrogen and oxygen atoms in total. The molecule has 36 heavy (non-hydrogen) atoms. The third-order valence-electron chi connectivity index (χ3n) is 6.24. The number of benzene rings is 1. The first-order valence-corrected chi connectivity index (χ1v) is 13.0. The number of nitrogens with one attached hydrogen (secondary N) is 1. The van der Waals surface area contributed by atoms with Gasteiger partial charge in [-0.2, -0.15) is 23.2 Å². The second kappa shape index (κ2) is 9.16. The molecule has 0 amide bonds. The molecule has 2 aromatic heterocycles. The van der Waals surface area contributed by atoms with E-state index in [1.807, 2.05) is 31.6 Å². The average molecular weight is 523 g/mol. The van der Waals surface area contributed by atoms with Crippen molar-refractivity contribution in [2.45, 2.75) is 64.0 Å². The normalized spacial score (nSPS) is 16.1. The lowest BCUT2D eigenvalue weighted by atomic mass is 9.96. The van der Waals surface area contributed by atoms with Gasteiger partial charge in [0, 0.05) is 41.0 Å². The number of alkyl halides is 3. The molecule has 1 saturated carbocycles. The van der Waals surface area contributed by atoms with Gasteiger partial charge in [0.2, 0.25) is 10.0 Å². The second-order valence-corrected chi connectivity index (χ2v) is 12.3. The number of nitrogens with zero attached hydrogens (tertiary/aromatic N) is 3. The molecule has 1 fully saturated rings. The van der Waals surface area contributed by atoms with E-state index in [1.165, 1.54) is 30.6 Å². The van der Waals surface area contributed by atoms with Crippen molar-refractivity contribution in [1.82, 2.24) is 14.3 Å². The van der Waals surface area contributed by atoms with E-state index in [1.54, 1.807) is 4.57 Å². The summed E-state index contributed by atoms with van der Waals surface area (Å²) < 4.78 is 86.9. The molecule has 1 aliphatic carbocycles. The van der Waals surface area contributed by atoms with Crippen molar-refractivity contribution in [3.63, 3.8) is 0 Å². The summed E-state index contributed by atoms with van der Waals surface area (Å²) in [7, 11) is -4.24. The number of fused-ring (bicyclic) bond motifs is 1. The highest BCUT2D eigenvalue weighted by Gasteiger charge is 2.46. The molecule has 0 aliphatic heterocycles. The van der Waals surface area contributed by atoms with E-state index in [2.05, 4.69) is 4.98 Å². The Kier molecular flexibility index (Phi) is 6.64. The fraction of sp³-hybridized carbons (Fsp3) is 0.440. The van der Waals surface area contributed by atoms with E-state index in [0.717, 1.165) is 6.07 Å². The fourth-order valence-electron chi connectivity index (χ4n) is 4.35. The summed E-state index contributed by atoms with van der Waals surface area (Å²) >= 11 is 0. The van der Waals surface area contributed by atoms with Gasteiger partial charge < -0.3 is 4.57 Å². The summed E-state index contributed by atoms with van der Waals surface area (Å²) in [6.45, 7) is 5.98. The summed E-state index contributed by atoms with van der Waals surface area (Å²) in [5.41, 5.74) is -0.300. The summed E-state index contributed by atoms with van der Waals surface area (Å²) in [5, 5.41) is 8.49. The van der Waals surface area contributed by atoms with Gasteiger partial charge in [-0.1, -0.05) is 27.2 Å². The zero-order valence-electron chi connectivity index (χ0n) is 20.0. The lowest BCUT2D eigenvalue weighted by Gasteiger charge is -2.29. The molecule has 1 N–H and O–H groups in total. The number of nitriles is 1. The largest absolute Gasteiger partial charge is 0.408 e. The number of halogens is 4. The van der Waals surface area contributed by atoms with Gasteiger partial charge in [-0.3, -0.25) is 4.98 Å². The van der Waals surface area contributed by atoms with E-state index in [9.17, 15) is 26.9 Å². The summed E-state index contributed by atoms with van der Waals surface area (Å²) in [5.74, 6) is -0.866. The smallest absolute Gasteiger partial charge is 0.347 e. The molecule has 0 spiro atoms. The molecule has 0 bridgehead atoms. The maximum absolute atomic E-state index is 15.4. The molecule has 3 aromatic rings. The van der Waals surface area contributed by atoms with Crippen LogP contribution in [0.3, 0.4) is 0 Å². The van der Waals surface area contributed by atoms with Crippen LogP contribution in [0.2, 0.25) is 0 Å². The van der Waals surface area contributed by atoms with Crippen molar-refractivity contribution in [3.8, 4) is 17.3 Å². The van der Waals surface area contributed by atoms with E-state index in [4.69, 9.17) is 0 Å². The van der Waals surface area contributed by atoms with Gasteiger partial charge >= 0.3 is 6.18 Å². The molecule has 1 aromatic carbocycles. The van der Waals surface area contributed by atoms with Gasteiger partial charge in [-0.15, -0.1) is 0 Å². The first-order chi connectivity index (χ1) is 16.7. The lowest BCUT2D eigenvalue weighted by molar-refractivity contribution is -0.152. The Bertz CT molecular complexity index is 1450. The molecule has 4 rings (SSSR count). The molecular weight excluding hydrogens is 496 g/mol. The van der Waals surface area contributed by atoms with Crippen molar-refractivity contribution in [2.24, 2.45) is 5.41 Å². The van der Waals surface area contributed by atoms with Crippen LogP contribution in [0.25, 0.3) is 22.2 Å². The van der Waals surface area contributed by atoms with Gasteiger partial charge in [0.15, 0.2) is 0 Å². The topological polar surface area (TPSA) is 87.8 Å². The molecule has 0 unspecified atom stereocenters. The van der Waals surface area contributed by atoms with Crippen LogP contribution in [-0.2, 0) is 16.6 Å². The van der Waals surface area contributed by atoms with Crippen molar-refractivity contribution < 1.29 is 26.0 Å². The molecule has 1 aliphatic rings. The predicted molar refractivity (Wildman–Crippen MR) is 128 cm³/mol. The SMILES string of the molecule is CC(C)(C)Cn1cc([C@H](NS(=O)(=O)C2CCC2)C(F)(F)F)c2cc(F)c(-c3ncccc3C#N)cc21. The van der Waals surface area contributed by atoms with Crippen molar-refractivity contribution in [3.05, 3.63) is 53.6 Å². The zero-order chi connectivity index (χ0) is 26.5. The minimum absolute atomic E-state index is 0.0296. The molecule has 2 heterocycles. The quantitative estimate of drug-likeness (QED) is 0.412. The number of aromatic nitrogens is 2. The van der Waals surface area contributed by atoms with Crippen LogP contribution in [0, 0.1) is 22.6 Å². The molecule has 1 atom stereocenters. The Morgan fingerprint density at radius 1 is 1.25 bits per heavy atom. The van der Waals surface area contributed by atoms with Crippen LogP contribution in [0.1, 0.15) is 57.2 Å². The summed E-state index contributed by atoms with van der Waals surface area (Å²) in [6.07, 6.45) is -1.08. The Balaban J connectivity index is 1.94. The van der Waals surface area contributed by atoms with Gasteiger partial charge in [0.05, 0.1) is 16.5 Å². The highest BCUT2D eigenvalue weighted by molar-refractivity contribution is 7.90. The number of sulfonamides is 1. The Labute approximate surface area is 207 Å². The maximum atomic E-state index is 15.4. The van der Waals surface area contributed by atoms with Crippen LogP contribution in [-0.4, -0.2) is 29.4 Å². The van der Waals surface area contributed by atoms with E-state index in [-0.39, 0.29) is 45.2 Å². The maximum Gasteiger partial charge on any atom is 0.408 e. The van der Waals surface area contributed by atoms with Crippen LogP contribution < -0.4 is 4.72 Å². The van der Waals surface area contributed by atoms with Gasteiger partial charge in [0.25, 0.3) is 0 Å². The molecule has 192 valence electrons. The number of rotatable bonds is 6. The highest BCUT2D eigenvalue weighted by atomic mass is 32.2. The third kappa shape index (κ3) is 5.11. The lowest BCUT2D eigenvalue weighted by Crippen LogP contribution is -2.44. The van der Waals surface area contributed by atoms with Crippen LogP contribution in [0.15, 0.2) is 36.7 Å². The Morgan fingerprint density at radius 2 is 1.94 bits per heavy atom. The Morgan fingerprint density at radius 3 is 2.50 bits per heavy atom. The number of pyridine rings is 1. The monoisotopic (exact) mass is 522 g/mol. The van der Waals surface area contributed by atoms with Crippen LogP contribution in [0.4, 0.5) is 17.6 Å². The standard InChI is InChI=1S/C25H26F4N4O2S/c1-24(2,3)14-33-13-19(23(25(27,28)29)32-36(34,35)16-7-4-8-16)17-10-20(26)18(11-21(17)33)22-15(12-30)6-5-9-31-22/h5-6,9-11,13,16,23,32H,4,7-8,14H2,1-3H3/t23-/m0/s1.